The highest BCUT2D eigenvalue weighted by Crippen LogP contribution is 2.30. The Morgan fingerprint density at radius 1 is 1.15 bits per heavy atom. The second-order valence-corrected chi connectivity index (χ2v) is 7.54. The average Bonchev–Trinajstić information content (AvgIpc) is 2.63. The van der Waals surface area contributed by atoms with Crippen LogP contribution in [0.5, 0.6) is 0 Å². The Bertz CT molecular complexity index is 836. The Labute approximate surface area is 155 Å². The molecule has 2 aromatic carbocycles. The second kappa shape index (κ2) is 7.31. The van der Waals surface area contributed by atoms with E-state index < -0.39 is 0 Å². The Kier molecular flexibility index (Phi) is 5.11. The van der Waals surface area contributed by atoms with Gasteiger partial charge in [0.05, 0.1) is 11.3 Å². The minimum Gasteiger partial charge on any atom is -0.367 e. The summed E-state index contributed by atoms with van der Waals surface area (Å²) in [5, 5.41) is 9.48. The van der Waals surface area contributed by atoms with Gasteiger partial charge in [-0.05, 0) is 44.5 Å². The third kappa shape index (κ3) is 3.79. The first-order chi connectivity index (χ1) is 12.4. The number of ketones is 1. The lowest BCUT2D eigenvalue weighted by molar-refractivity contribution is 0.0962. The van der Waals surface area contributed by atoms with Gasteiger partial charge in [0.1, 0.15) is 6.07 Å². The van der Waals surface area contributed by atoms with Gasteiger partial charge < -0.3 is 4.90 Å². The monoisotopic (exact) mass is 347 g/mol. The van der Waals surface area contributed by atoms with Crippen molar-refractivity contribution < 1.29 is 4.79 Å². The van der Waals surface area contributed by atoms with Crippen molar-refractivity contribution in [1.82, 2.24) is 4.90 Å². The van der Waals surface area contributed by atoms with Crippen molar-refractivity contribution in [3.8, 4) is 6.07 Å². The number of rotatable bonds is 4. The van der Waals surface area contributed by atoms with Gasteiger partial charge >= 0.3 is 0 Å². The molecule has 1 fully saturated rings. The number of nitrogens with zero attached hydrogens (tertiary/aromatic N) is 3. The van der Waals surface area contributed by atoms with Crippen molar-refractivity contribution in [3.63, 3.8) is 0 Å². The molecule has 3 rings (SSSR count). The van der Waals surface area contributed by atoms with E-state index in [4.69, 9.17) is 0 Å². The Morgan fingerprint density at radius 2 is 1.88 bits per heavy atom. The zero-order chi connectivity index (χ0) is 18.7. The summed E-state index contributed by atoms with van der Waals surface area (Å²) in [5.41, 5.74) is 3.43. The Balaban J connectivity index is 1.82. The summed E-state index contributed by atoms with van der Waals surface area (Å²) in [6.07, 6.45) is 0. The molecule has 1 aliphatic heterocycles. The van der Waals surface area contributed by atoms with E-state index >= 15 is 0 Å². The Hall–Kier alpha value is -2.64. The number of piperazine rings is 1. The second-order valence-electron chi connectivity index (χ2n) is 7.54. The number of hydrogen-bond donors (Lipinski definition) is 0. The molecule has 0 amide bonds. The summed E-state index contributed by atoms with van der Waals surface area (Å²) in [7, 11) is 0. The molecule has 0 radical (unpaired) electrons. The van der Waals surface area contributed by atoms with Crippen molar-refractivity contribution in [2.75, 3.05) is 24.5 Å². The molecule has 26 heavy (non-hydrogen) atoms. The van der Waals surface area contributed by atoms with Crippen LogP contribution in [0.3, 0.4) is 0 Å². The molecular formula is C22H25N3O. The molecule has 0 unspecified atom stereocenters. The maximum atomic E-state index is 11.8. The van der Waals surface area contributed by atoms with Crippen molar-refractivity contribution >= 4 is 11.5 Å². The van der Waals surface area contributed by atoms with Crippen LogP contribution in [0, 0.1) is 11.3 Å². The molecule has 0 bridgehead atoms. The summed E-state index contributed by atoms with van der Waals surface area (Å²) in [5.74, 6) is 0.0257. The van der Waals surface area contributed by atoms with E-state index in [9.17, 15) is 10.1 Å². The van der Waals surface area contributed by atoms with Gasteiger partial charge in [0, 0.05) is 37.3 Å². The summed E-state index contributed by atoms with van der Waals surface area (Å²) in [6, 6.07) is 18.1. The molecule has 0 spiro atoms. The summed E-state index contributed by atoms with van der Waals surface area (Å²) in [4.78, 5) is 16.5. The van der Waals surface area contributed by atoms with Gasteiger partial charge in [0.2, 0.25) is 0 Å². The van der Waals surface area contributed by atoms with E-state index in [1.807, 2.05) is 12.1 Å². The van der Waals surface area contributed by atoms with Gasteiger partial charge in [-0.3, -0.25) is 9.69 Å². The van der Waals surface area contributed by atoms with Crippen LogP contribution in [0.15, 0.2) is 48.5 Å². The first kappa shape index (κ1) is 18.2. The molecule has 0 aromatic heterocycles. The van der Waals surface area contributed by atoms with Gasteiger partial charge in [-0.15, -0.1) is 0 Å². The fourth-order valence-electron chi connectivity index (χ4n) is 3.60. The lowest BCUT2D eigenvalue weighted by atomic mass is 9.96. The first-order valence-electron chi connectivity index (χ1n) is 9.00. The van der Waals surface area contributed by atoms with Crippen molar-refractivity contribution in [2.24, 2.45) is 0 Å². The highest BCUT2D eigenvalue weighted by molar-refractivity contribution is 5.95. The quantitative estimate of drug-likeness (QED) is 0.788. The number of nitriles is 1. The van der Waals surface area contributed by atoms with Crippen LogP contribution in [0.4, 0.5) is 5.69 Å². The molecule has 1 saturated heterocycles. The van der Waals surface area contributed by atoms with Gasteiger partial charge in [0.25, 0.3) is 0 Å². The van der Waals surface area contributed by atoms with Crippen LogP contribution in [0.25, 0.3) is 0 Å². The van der Waals surface area contributed by atoms with Crippen LogP contribution in [-0.2, 0) is 6.54 Å². The fraction of sp³-hybridized carbons (Fsp3) is 0.364. The largest absolute Gasteiger partial charge is 0.367 e. The lowest BCUT2D eigenvalue weighted by Crippen LogP contribution is -2.59. The van der Waals surface area contributed by atoms with E-state index in [1.54, 1.807) is 19.1 Å². The molecule has 4 heteroatoms. The van der Waals surface area contributed by atoms with E-state index in [2.05, 4.69) is 54.0 Å². The molecule has 2 aromatic rings. The summed E-state index contributed by atoms with van der Waals surface area (Å²) < 4.78 is 0. The molecule has 0 N–H and O–H groups in total. The average molecular weight is 347 g/mol. The van der Waals surface area contributed by atoms with Crippen LogP contribution in [-0.4, -0.2) is 35.9 Å². The number of carbonyl (C=O) groups excluding carboxylic acids is 1. The maximum Gasteiger partial charge on any atom is 0.159 e. The highest BCUT2D eigenvalue weighted by Gasteiger charge is 2.34. The van der Waals surface area contributed by atoms with Crippen LogP contribution < -0.4 is 4.90 Å². The third-order valence-electron chi connectivity index (χ3n) is 5.16. The van der Waals surface area contributed by atoms with Crippen molar-refractivity contribution in [2.45, 2.75) is 32.9 Å². The van der Waals surface area contributed by atoms with Gasteiger partial charge in [-0.2, -0.15) is 5.26 Å². The SMILES string of the molecule is CC(=O)c1ccc(C#N)c(N2CCN(Cc3ccccc3)C(C)(C)C2)c1. The molecule has 1 aliphatic rings. The van der Waals surface area contributed by atoms with Gasteiger partial charge in [-0.25, -0.2) is 0 Å². The number of carbonyl (C=O) groups is 1. The molecular weight excluding hydrogens is 322 g/mol. The number of benzene rings is 2. The zero-order valence-corrected chi connectivity index (χ0v) is 15.7. The Morgan fingerprint density at radius 3 is 2.50 bits per heavy atom. The molecule has 1 heterocycles. The minimum atomic E-state index is -0.0347. The van der Waals surface area contributed by atoms with Crippen LogP contribution in [0.1, 0.15) is 42.3 Å². The van der Waals surface area contributed by atoms with E-state index in [0.29, 0.717) is 11.1 Å². The van der Waals surface area contributed by atoms with Crippen LogP contribution in [0.2, 0.25) is 0 Å². The third-order valence-corrected chi connectivity index (χ3v) is 5.16. The first-order valence-corrected chi connectivity index (χ1v) is 9.00. The van der Waals surface area contributed by atoms with Crippen molar-refractivity contribution in [1.29, 1.82) is 5.26 Å². The van der Waals surface area contributed by atoms with E-state index in [1.165, 1.54) is 5.56 Å². The van der Waals surface area contributed by atoms with E-state index in [-0.39, 0.29) is 11.3 Å². The number of anilines is 1. The molecule has 0 saturated carbocycles. The molecule has 134 valence electrons. The van der Waals surface area contributed by atoms with Crippen molar-refractivity contribution in [3.05, 3.63) is 65.2 Å². The number of Topliss-reactive ketones (excluding diaryl/α,β-unsaturated/α-hetero) is 1. The zero-order valence-electron chi connectivity index (χ0n) is 15.7. The minimum absolute atomic E-state index is 0.0257. The van der Waals surface area contributed by atoms with Gasteiger partial charge in [0.15, 0.2) is 5.78 Å². The predicted molar refractivity (Wildman–Crippen MR) is 104 cm³/mol. The summed E-state index contributed by atoms with van der Waals surface area (Å²) in [6.45, 7) is 9.53. The maximum absolute atomic E-state index is 11.8. The predicted octanol–water partition coefficient (Wildman–Crippen LogP) is 3.86. The topological polar surface area (TPSA) is 47.3 Å². The number of hydrogen-bond acceptors (Lipinski definition) is 4. The lowest BCUT2D eigenvalue weighted by Gasteiger charge is -2.48. The smallest absolute Gasteiger partial charge is 0.159 e. The van der Waals surface area contributed by atoms with Crippen LogP contribution >= 0.6 is 0 Å². The fourth-order valence-corrected chi connectivity index (χ4v) is 3.60. The summed E-state index contributed by atoms with van der Waals surface area (Å²) >= 11 is 0. The molecule has 0 atom stereocenters. The molecule has 4 nitrogen and oxygen atoms in total. The standard InChI is InChI=1S/C22H25N3O/c1-17(26)19-9-10-20(14-23)21(13-19)24-11-12-25(22(2,3)16-24)15-18-7-5-4-6-8-18/h4-10,13H,11-12,15-16H2,1-3H3. The van der Waals surface area contributed by atoms with E-state index in [0.717, 1.165) is 31.9 Å². The highest BCUT2D eigenvalue weighted by atomic mass is 16.1. The normalized spacial score (nSPS) is 16.9. The molecule has 0 aliphatic carbocycles. The van der Waals surface area contributed by atoms with Gasteiger partial charge in [-0.1, -0.05) is 30.3 Å².